The summed E-state index contributed by atoms with van der Waals surface area (Å²) in [4.78, 5) is 25.2. The van der Waals surface area contributed by atoms with Gasteiger partial charge in [-0.3, -0.25) is 4.79 Å². The fourth-order valence-corrected chi connectivity index (χ4v) is 3.15. The topological polar surface area (TPSA) is 96.6 Å². The Morgan fingerprint density at radius 1 is 1.39 bits per heavy atom. The van der Waals surface area contributed by atoms with Crippen molar-refractivity contribution in [3.63, 3.8) is 0 Å². The van der Waals surface area contributed by atoms with E-state index in [0.717, 1.165) is 17.4 Å². The molecule has 1 aromatic heterocycles. The molecule has 150 valence electrons. The molecule has 0 bridgehead atoms. The fourth-order valence-electron chi connectivity index (χ4n) is 2.95. The molecule has 2 heterocycles. The molecule has 1 aliphatic rings. The van der Waals surface area contributed by atoms with Gasteiger partial charge in [-0.2, -0.15) is 0 Å². The highest BCUT2D eigenvalue weighted by atomic mass is 79.9. The summed E-state index contributed by atoms with van der Waals surface area (Å²) in [6.45, 7) is 2.56. The van der Waals surface area contributed by atoms with Gasteiger partial charge in [0.25, 0.3) is 5.91 Å². The lowest BCUT2D eigenvalue weighted by atomic mass is 10.1. The molecule has 0 aliphatic carbocycles. The van der Waals surface area contributed by atoms with Crippen LogP contribution in [-0.2, 0) is 0 Å². The molecule has 0 unspecified atom stereocenters. The molecule has 1 atom stereocenters. The third-order valence-corrected chi connectivity index (χ3v) is 4.90. The van der Waals surface area contributed by atoms with Crippen molar-refractivity contribution >= 4 is 33.5 Å². The second kappa shape index (κ2) is 9.20. The molecule has 0 radical (unpaired) electrons. The summed E-state index contributed by atoms with van der Waals surface area (Å²) in [5.41, 5.74) is 7.10. The minimum Gasteiger partial charge on any atom is -0.490 e. The van der Waals surface area contributed by atoms with E-state index >= 15 is 0 Å². The van der Waals surface area contributed by atoms with Gasteiger partial charge in [-0.25, -0.2) is 9.97 Å². The number of carbonyl (C=O) groups excluding carboxylic acids is 1. The number of hydrogen-bond donors (Lipinski definition) is 2. The van der Waals surface area contributed by atoms with E-state index in [9.17, 15) is 4.79 Å². The van der Waals surface area contributed by atoms with Crippen molar-refractivity contribution < 1.29 is 9.53 Å². The Morgan fingerprint density at radius 3 is 2.86 bits per heavy atom. The standard InChI is InChI=1S/C19H25BrN6O2/c1-25(2)7-8-28-17-9-13(3-4-16(17)21)18(27)26-6-5-15(12-26)24-19-22-10-14(20)11-23-19/h3-4,9-11,15H,5-8,12,21H2,1-2H3,(H,22,23,24)/t15-/m0/s1. The number of ether oxygens (including phenoxy) is 1. The monoisotopic (exact) mass is 448 g/mol. The van der Waals surface area contributed by atoms with Gasteiger partial charge in [-0.05, 0) is 54.6 Å². The molecule has 8 nitrogen and oxygen atoms in total. The zero-order valence-electron chi connectivity index (χ0n) is 16.1. The van der Waals surface area contributed by atoms with E-state index in [4.69, 9.17) is 10.5 Å². The zero-order chi connectivity index (χ0) is 20.1. The van der Waals surface area contributed by atoms with Crippen molar-refractivity contribution in [2.24, 2.45) is 0 Å². The summed E-state index contributed by atoms with van der Waals surface area (Å²) in [5, 5.41) is 3.28. The number of aromatic nitrogens is 2. The van der Waals surface area contributed by atoms with Gasteiger partial charge in [0.15, 0.2) is 0 Å². The molecule has 2 aromatic rings. The molecule has 0 spiro atoms. The Kier molecular flexibility index (Phi) is 6.69. The van der Waals surface area contributed by atoms with E-state index in [0.29, 0.717) is 42.6 Å². The maximum absolute atomic E-state index is 12.9. The molecule has 1 fully saturated rings. The molecule has 1 saturated heterocycles. The molecule has 3 N–H and O–H groups in total. The number of anilines is 2. The molecule has 1 aliphatic heterocycles. The number of amides is 1. The van der Waals surface area contributed by atoms with Crippen LogP contribution in [0.4, 0.5) is 11.6 Å². The van der Waals surface area contributed by atoms with Gasteiger partial charge in [-0.15, -0.1) is 0 Å². The van der Waals surface area contributed by atoms with Crippen LogP contribution in [0.2, 0.25) is 0 Å². The first-order chi connectivity index (χ1) is 13.4. The smallest absolute Gasteiger partial charge is 0.254 e. The molecule has 0 saturated carbocycles. The number of nitrogens with one attached hydrogen (secondary N) is 1. The minimum atomic E-state index is -0.0292. The molecule has 9 heteroatoms. The third kappa shape index (κ3) is 5.32. The fraction of sp³-hybridized carbons (Fsp3) is 0.421. The lowest BCUT2D eigenvalue weighted by Crippen LogP contribution is -2.32. The van der Waals surface area contributed by atoms with E-state index in [2.05, 4.69) is 31.2 Å². The summed E-state index contributed by atoms with van der Waals surface area (Å²) in [7, 11) is 3.95. The van der Waals surface area contributed by atoms with Gasteiger partial charge in [-0.1, -0.05) is 0 Å². The number of likely N-dealkylation sites (N-methyl/N-ethyl adjacent to an activating group) is 1. The zero-order valence-corrected chi connectivity index (χ0v) is 17.6. The van der Waals surface area contributed by atoms with Gasteiger partial charge in [0, 0.05) is 43.6 Å². The minimum absolute atomic E-state index is 0.0292. The largest absolute Gasteiger partial charge is 0.490 e. The molecular weight excluding hydrogens is 424 g/mol. The summed E-state index contributed by atoms with van der Waals surface area (Å²) in [6.07, 6.45) is 4.23. The highest BCUT2D eigenvalue weighted by Crippen LogP contribution is 2.25. The van der Waals surface area contributed by atoms with Crippen LogP contribution in [0.1, 0.15) is 16.8 Å². The first-order valence-corrected chi connectivity index (χ1v) is 9.92. The van der Waals surface area contributed by atoms with E-state index in [1.807, 2.05) is 23.9 Å². The SMILES string of the molecule is CN(C)CCOc1cc(C(=O)N2CC[C@H](Nc3ncc(Br)cn3)C2)ccc1N. The van der Waals surface area contributed by atoms with Crippen LogP contribution < -0.4 is 15.8 Å². The van der Waals surface area contributed by atoms with Gasteiger partial charge in [0.2, 0.25) is 5.95 Å². The van der Waals surface area contributed by atoms with Crippen LogP contribution in [0.5, 0.6) is 5.75 Å². The Morgan fingerprint density at radius 2 is 2.14 bits per heavy atom. The van der Waals surface area contributed by atoms with Gasteiger partial charge in [0.1, 0.15) is 12.4 Å². The maximum atomic E-state index is 12.9. The normalized spacial score (nSPS) is 16.4. The number of carbonyl (C=O) groups is 1. The summed E-state index contributed by atoms with van der Waals surface area (Å²) in [5.74, 6) is 1.08. The van der Waals surface area contributed by atoms with E-state index in [1.165, 1.54) is 0 Å². The number of nitrogens with zero attached hydrogens (tertiary/aromatic N) is 4. The predicted octanol–water partition coefficient (Wildman–Crippen LogP) is 2.09. The lowest BCUT2D eigenvalue weighted by molar-refractivity contribution is 0.0791. The Labute approximate surface area is 173 Å². The van der Waals surface area contributed by atoms with Crippen molar-refractivity contribution in [2.45, 2.75) is 12.5 Å². The van der Waals surface area contributed by atoms with Crippen LogP contribution in [0.3, 0.4) is 0 Å². The van der Waals surface area contributed by atoms with Crippen molar-refractivity contribution in [3.05, 3.63) is 40.6 Å². The van der Waals surface area contributed by atoms with E-state index < -0.39 is 0 Å². The van der Waals surface area contributed by atoms with E-state index in [-0.39, 0.29) is 11.9 Å². The number of likely N-dealkylation sites (tertiary alicyclic amines) is 1. The van der Waals surface area contributed by atoms with Crippen LogP contribution in [0.15, 0.2) is 35.1 Å². The van der Waals surface area contributed by atoms with Crippen LogP contribution >= 0.6 is 15.9 Å². The average Bonchev–Trinajstić information content (AvgIpc) is 3.13. The summed E-state index contributed by atoms with van der Waals surface area (Å²) in [6, 6.07) is 5.32. The highest BCUT2D eigenvalue weighted by molar-refractivity contribution is 9.10. The lowest BCUT2D eigenvalue weighted by Gasteiger charge is -2.18. The van der Waals surface area contributed by atoms with Gasteiger partial charge < -0.3 is 25.6 Å². The maximum Gasteiger partial charge on any atom is 0.254 e. The number of hydrogen-bond acceptors (Lipinski definition) is 7. The molecule has 3 rings (SSSR count). The molecule has 28 heavy (non-hydrogen) atoms. The van der Waals surface area contributed by atoms with Crippen molar-refractivity contribution in [3.8, 4) is 5.75 Å². The summed E-state index contributed by atoms with van der Waals surface area (Å²) < 4.78 is 6.57. The number of halogens is 1. The predicted molar refractivity (Wildman–Crippen MR) is 113 cm³/mol. The molecular formula is C19H25BrN6O2. The average molecular weight is 449 g/mol. The van der Waals surface area contributed by atoms with E-state index in [1.54, 1.807) is 30.6 Å². The Bertz CT molecular complexity index is 815. The second-order valence-electron chi connectivity index (χ2n) is 7.01. The van der Waals surface area contributed by atoms with Gasteiger partial charge in [0.05, 0.1) is 10.2 Å². The number of nitrogens with two attached hydrogens (primary N) is 1. The van der Waals surface area contributed by atoms with Crippen LogP contribution in [0, 0.1) is 0 Å². The van der Waals surface area contributed by atoms with Crippen molar-refractivity contribution in [1.82, 2.24) is 19.8 Å². The number of nitrogen functional groups attached to an aromatic ring is 1. The molecule has 1 aromatic carbocycles. The van der Waals surface area contributed by atoms with Crippen molar-refractivity contribution in [1.29, 1.82) is 0 Å². The number of rotatable bonds is 7. The Balaban J connectivity index is 1.60. The van der Waals surface area contributed by atoms with Crippen LogP contribution in [0.25, 0.3) is 0 Å². The Hall–Kier alpha value is -2.39. The summed E-state index contributed by atoms with van der Waals surface area (Å²) >= 11 is 3.32. The van der Waals surface area contributed by atoms with Gasteiger partial charge >= 0.3 is 0 Å². The highest BCUT2D eigenvalue weighted by Gasteiger charge is 2.27. The van der Waals surface area contributed by atoms with Crippen LogP contribution in [-0.4, -0.2) is 72.1 Å². The number of benzene rings is 1. The van der Waals surface area contributed by atoms with Crippen molar-refractivity contribution in [2.75, 3.05) is 51.4 Å². The second-order valence-corrected chi connectivity index (χ2v) is 7.93. The first-order valence-electron chi connectivity index (χ1n) is 9.13. The quantitative estimate of drug-likeness (QED) is 0.625. The first kappa shape index (κ1) is 20.3. The molecule has 1 amide bonds. The third-order valence-electron chi connectivity index (χ3n) is 4.49.